The fourth-order valence-electron chi connectivity index (χ4n) is 1.55. The van der Waals surface area contributed by atoms with E-state index >= 15 is 0 Å². The van der Waals surface area contributed by atoms with Crippen LogP contribution in [0.1, 0.15) is 5.69 Å². The first-order valence-electron chi connectivity index (χ1n) is 5.09. The van der Waals surface area contributed by atoms with Crippen molar-refractivity contribution in [2.24, 2.45) is 0 Å². The molecule has 2 rings (SSSR count). The molecule has 0 radical (unpaired) electrons. The largest absolute Gasteiger partial charge is 0.382 e. The van der Waals surface area contributed by atoms with Crippen molar-refractivity contribution in [1.82, 2.24) is 9.97 Å². The monoisotopic (exact) mass is 214 g/mol. The Hall–Kier alpha value is -2.10. The molecule has 0 atom stereocenters. The van der Waals surface area contributed by atoms with Crippen molar-refractivity contribution in [3.8, 4) is 0 Å². The Labute approximate surface area is 94.8 Å². The summed E-state index contributed by atoms with van der Waals surface area (Å²) in [6.45, 7) is 0.719. The van der Waals surface area contributed by atoms with Gasteiger partial charge in [0.05, 0.1) is 17.9 Å². The number of pyridine rings is 2. The van der Waals surface area contributed by atoms with Crippen LogP contribution in [0, 0.1) is 0 Å². The molecule has 4 heteroatoms. The molecule has 2 aromatic rings. The van der Waals surface area contributed by atoms with Crippen LogP contribution in [0.5, 0.6) is 0 Å². The zero-order chi connectivity index (χ0) is 11.4. The molecule has 0 spiro atoms. The van der Waals surface area contributed by atoms with Crippen molar-refractivity contribution in [1.29, 1.82) is 0 Å². The van der Waals surface area contributed by atoms with Crippen molar-refractivity contribution < 1.29 is 0 Å². The smallest absolute Gasteiger partial charge is 0.146 e. The molecular weight excluding hydrogens is 200 g/mol. The van der Waals surface area contributed by atoms with Crippen LogP contribution in [-0.2, 0) is 6.54 Å². The zero-order valence-electron chi connectivity index (χ0n) is 9.17. The number of hydrogen-bond acceptors (Lipinski definition) is 4. The molecule has 0 bridgehead atoms. The number of aromatic nitrogens is 2. The summed E-state index contributed by atoms with van der Waals surface area (Å²) < 4.78 is 0. The molecule has 0 saturated carbocycles. The van der Waals surface area contributed by atoms with Gasteiger partial charge < -0.3 is 10.6 Å². The average Bonchev–Trinajstić information content (AvgIpc) is 2.31. The summed E-state index contributed by atoms with van der Waals surface area (Å²) in [4.78, 5) is 10.4. The molecule has 2 heterocycles. The maximum absolute atomic E-state index is 5.80. The summed E-state index contributed by atoms with van der Waals surface area (Å²) in [7, 11) is 1.97. The van der Waals surface area contributed by atoms with Crippen LogP contribution in [0.4, 0.5) is 11.5 Å². The molecule has 2 aromatic heterocycles. The van der Waals surface area contributed by atoms with Crippen molar-refractivity contribution >= 4 is 11.5 Å². The third kappa shape index (κ3) is 2.28. The first-order chi connectivity index (χ1) is 7.77. The zero-order valence-corrected chi connectivity index (χ0v) is 9.17. The Morgan fingerprint density at radius 1 is 1.12 bits per heavy atom. The minimum Gasteiger partial charge on any atom is -0.382 e. The number of nitrogen functional groups attached to an aromatic ring is 1. The number of rotatable bonds is 3. The molecule has 0 saturated heterocycles. The second-order valence-corrected chi connectivity index (χ2v) is 3.58. The van der Waals surface area contributed by atoms with Crippen molar-refractivity contribution in [2.45, 2.75) is 6.54 Å². The van der Waals surface area contributed by atoms with Crippen LogP contribution in [0.15, 0.2) is 42.7 Å². The lowest BCUT2D eigenvalue weighted by Gasteiger charge is -2.19. The molecule has 0 amide bonds. The van der Waals surface area contributed by atoms with E-state index in [0.29, 0.717) is 5.82 Å². The normalized spacial score (nSPS) is 10.1. The maximum atomic E-state index is 5.80. The van der Waals surface area contributed by atoms with Gasteiger partial charge >= 0.3 is 0 Å². The highest BCUT2D eigenvalue weighted by Gasteiger charge is 2.06. The number of nitrogens with two attached hydrogens (primary N) is 1. The molecule has 0 aliphatic heterocycles. The van der Waals surface area contributed by atoms with Crippen LogP contribution in [-0.4, -0.2) is 17.0 Å². The minimum absolute atomic E-state index is 0.543. The highest BCUT2D eigenvalue weighted by Crippen LogP contribution is 2.19. The lowest BCUT2D eigenvalue weighted by atomic mass is 10.3. The van der Waals surface area contributed by atoms with Gasteiger partial charge in [-0.2, -0.15) is 0 Å². The van der Waals surface area contributed by atoms with Crippen molar-refractivity contribution in [3.05, 3.63) is 48.4 Å². The summed E-state index contributed by atoms with van der Waals surface area (Å²) in [5, 5.41) is 0. The van der Waals surface area contributed by atoms with E-state index in [4.69, 9.17) is 5.73 Å². The molecular formula is C12H14N4. The number of nitrogens with zero attached hydrogens (tertiary/aromatic N) is 3. The van der Waals surface area contributed by atoms with E-state index in [0.717, 1.165) is 17.9 Å². The molecule has 2 N–H and O–H groups in total. The number of anilines is 2. The van der Waals surface area contributed by atoms with E-state index in [9.17, 15) is 0 Å². The Balaban J connectivity index is 2.15. The van der Waals surface area contributed by atoms with Crippen LogP contribution in [0.2, 0.25) is 0 Å². The van der Waals surface area contributed by atoms with Gasteiger partial charge in [0.25, 0.3) is 0 Å². The van der Waals surface area contributed by atoms with Crippen LogP contribution in [0.3, 0.4) is 0 Å². The lowest BCUT2D eigenvalue weighted by molar-refractivity contribution is 0.883. The first-order valence-corrected chi connectivity index (χ1v) is 5.09. The molecule has 82 valence electrons. The van der Waals surface area contributed by atoms with E-state index in [1.807, 2.05) is 42.3 Å². The van der Waals surface area contributed by atoms with E-state index in [1.165, 1.54) is 0 Å². The van der Waals surface area contributed by atoms with Gasteiger partial charge in [-0.25, -0.2) is 4.98 Å². The Kier molecular flexibility index (Phi) is 3.00. The maximum Gasteiger partial charge on any atom is 0.146 e. The van der Waals surface area contributed by atoms with E-state index < -0.39 is 0 Å². The molecule has 0 aromatic carbocycles. The van der Waals surface area contributed by atoms with Gasteiger partial charge in [-0.1, -0.05) is 6.07 Å². The van der Waals surface area contributed by atoms with Crippen LogP contribution in [0.25, 0.3) is 0 Å². The van der Waals surface area contributed by atoms with Gasteiger partial charge in [0.15, 0.2) is 0 Å². The highest BCUT2D eigenvalue weighted by molar-refractivity contribution is 5.62. The van der Waals surface area contributed by atoms with Gasteiger partial charge in [-0.3, -0.25) is 4.98 Å². The van der Waals surface area contributed by atoms with Gasteiger partial charge in [0, 0.05) is 19.4 Å². The van der Waals surface area contributed by atoms with Crippen LogP contribution >= 0.6 is 0 Å². The fourth-order valence-corrected chi connectivity index (χ4v) is 1.55. The van der Waals surface area contributed by atoms with Crippen molar-refractivity contribution in [3.63, 3.8) is 0 Å². The topological polar surface area (TPSA) is 55.0 Å². The summed E-state index contributed by atoms with van der Waals surface area (Å²) in [5.41, 5.74) is 7.73. The fraction of sp³-hybridized carbons (Fsp3) is 0.167. The van der Waals surface area contributed by atoms with Gasteiger partial charge in [0.1, 0.15) is 5.82 Å². The Morgan fingerprint density at radius 3 is 2.62 bits per heavy atom. The first kappa shape index (κ1) is 10.4. The molecule has 0 unspecified atom stereocenters. The summed E-state index contributed by atoms with van der Waals surface area (Å²) in [5.74, 6) is 0.543. The third-order valence-electron chi connectivity index (χ3n) is 2.35. The summed E-state index contributed by atoms with van der Waals surface area (Å²) in [6.07, 6.45) is 3.48. The predicted molar refractivity (Wildman–Crippen MR) is 65.0 cm³/mol. The molecule has 0 aliphatic carbocycles. The second kappa shape index (κ2) is 4.61. The van der Waals surface area contributed by atoms with Gasteiger partial charge in [0.2, 0.25) is 0 Å². The summed E-state index contributed by atoms with van der Waals surface area (Å²) in [6, 6.07) is 9.69. The van der Waals surface area contributed by atoms with E-state index in [1.54, 1.807) is 12.4 Å². The van der Waals surface area contributed by atoms with Gasteiger partial charge in [-0.05, 0) is 24.3 Å². The minimum atomic E-state index is 0.543. The Bertz CT molecular complexity index is 456. The number of hydrogen-bond donors (Lipinski definition) is 1. The molecule has 4 nitrogen and oxygen atoms in total. The quantitative estimate of drug-likeness (QED) is 0.844. The predicted octanol–water partition coefficient (Wildman–Crippen LogP) is 1.70. The SMILES string of the molecule is CN(Cc1ccccn1)c1cccnc1N. The average molecular weight is 214 g/mol. The standard InChI is InChI=1S/C12H14N4/c1-16(9-10-5-2-3-7-14-10)11-6-4-8-15-12(11)13/h2-8H,9H2,1H3,(H2,13,15). The molecule has 16 heavy (non-hydrogen) atoms. The van der Waals surface area contributed by atoms with E-state index in [-0.39, 0.29) is 0 Å². The van der Waals surface area contributed by atoms with Crippen molar-refractivity contribution in [2.75, 3.05) is 17.7 Å². The van der Waals surface area contributed by atoms with E-state index in [2.05, 4.69) is 9.97 Å². The molecule has 0 fully saturated rings. The summed E-state index contributed by atoms with van der Waals surface area (Å²) >= 11 is 0. The molecule has 0 aliphatic rings. The third-order valence-corrected chi connectivity index (χ3v) is 2.35. The highest BCUT2D eigenvalue weighted by atomic mass is 15.1. The Morgan fingerprint density at radius 2 is 1.94 bits per heavy atom. The van der Waals surface area contributed by atoms with Crippen LogP contribution < -0.4 is 10.6 Å². The lowest BCUT2D eigenvalue weighted by Crippen LogP contribution is -2.18. The van der Waals surface area contributed by atoms with Gasteiger partial charge in [-0.15, -0.1) is 0 Å². The second-order valence-electron chi connectivity index (χ2n) is 3.58.